The third-order valence-electron chi connectivity index (χ3n) is 1.94. The molecule has 90 valence electrons. The number of nitro groups is 1. The van der Waals surface area contributed by atoms with Crippen LogP contribution in [0.2, 0.25) is 0 Å². The number of nitrogens with zero attached hydrogens (tertiary/aromatic N) is 1. The zero-order chi connectivity index (χ0) is 12.8. The molecule has 0 bridgehead atoms. The Labute approximate surface area is 96.8 Å². The number of primary amides is 1. The van der Waals surface area contributed by atoms with Crippen molar-refractivity contribution in [2.75, 3.05) is 5.32 Å². The van der Waals surface area contributed by atoms with Gasteiger partial charge in [-0.3, -0.25) is 19.7 Å². The van der Waals surface area contributed by atoms with E-state index in [-0.39, 0.29) is 18.5 Å². The van der Waals surface area contributed by atoms with Crippen molar-refractivity contribution in [3.63, 3.8) is 0 Å². The maximum atomic E-state index is 11.3. The Morgan fingerprint density at radius 1 is 1.35 bits per heavy atom. The van der Waals surface area contributed by atoms with Gasteiger partial charge in [0, 0.05) is 30.7 Å². The second kappa shape index (κ2) is 5.59. The van der Waals surface area contributed by atoms with Crippen LogP contribution in [0.5, 0.6) is 0 Å². The van der Waals surface area contributed by atoms with Crippen LogP contribution < -0.4 is 11.1 Å². The smallest absolute Gasteiger partial charge is 0.271 e. The van der Waals surface area contributed by atoms with E-state index in [9.17, 15) is 19.7 Å². The van der Waals surface area contributed by atoms with Gasteiger partial charge in [0.2, 0.25) is 11.8 Å². The third kappa shape index (κ3) is 4.29. The molecule has 1 aromatic rings. The summed E-state index contributed by atoms with van der Waals surface area (Å²) in [6.07, 6.45) is -0.0984. The van der Waals surface area contributed by atoms with Crippen molar-refractivity contribution in [1.82, 2.24) is 0 Å². The highest BCUT2D eigenvalue weighted by Crippen LogP contribution is 2.17. The summed E-state index contributed by atoms with van der Waals surface area (Å²) in [7, 11) is 0. The largest absolute Gasteiger partial charge is 0.370 e. The van der Waals surface area contributed by atoms with E-state index >= 15 is 0 Å². The van der Waals surface area contributed by atoms with Gasteiger partial charge in [0.1, 0.15) is 0 Å². The summed E-state index contributed by atoms with van der Waals surface area (Å²) in [5.74, 6) is -0.983. The number of nitro benzene ring substituents is 1. The minimum atomic E-state index is -0.570. The van der Waals surface area contributed by atoms with Gasteiger partial charge in [-0.2, -0.15) is 0 Å². The van der Waals surface area contributed by atoms with Crippen molar-refractivity contribution in [2.24, 2.45) is 5.73 Å². The second-order valence-corrected chi connectivity index (χ2v) is 3.32. The molecule has 0 unspecified atom stereocenters. The first-order valence-corrected chi connectivity index (χ1v) is 4.81. The van der Waals surface area contributed by atoms with Crippen molar-refractivity contribution in [2.45, 2.75) is 12.8 Å². The number of non-ortho nitro benzene ring substituents is 1. The topological polar surface area (TPSA) is 115 Å². The summed E-state index contributed by atoms with van der Waals surface area (Å²) < 4.78 is 0. The van der Waals surface area contributed by atoms with E-state index in [1.165, 1.54) is 24.3 Å². The third-order valence-corrected chi connectivity index (χ3v) is 1.94. The summed E-state index contributed by atoms with van der Waals surface area (Å²) in [5, 5.41) is 12.9. The molecule has 2 amide bonds. The molecule has 1 aromatic carbocycles. The number of carbonyl (C=O) groups excluding carboxylic acids is 2. The van der Waals surface area contributed by atoms with Crippen molar-refractivity contribution < 1.29 is 14.5 Å². The highest BCUT2D eigenvalue weighted by molar-refractivity contribution is 5.93. The van der Waals surface area contributed by atoms with Gasteiger partial charge in [-0.1, -0.05) is 6.07 Å². The number of rotatable bonds is 5. The Hall–Kier alpha value is -2.44. The van der Waals surface area contributed by atoms with Crippen molar-refractivity contribution in [1.29, 1.82) is 0 Å². The van der Waals surface area contributed by atoms with Crippen LogP contribution in [-0.4, -0.2) is 16.7 Å². The molecule has 0 radical (unpaired) electrons. The fraction of sp³-hybridized carbons (Fsp3) is 0.200. The molecule has 0 fully saturated rings. The van der Waals surface area contributed by atoms with Crippen LogP contribution >= 0.6 is 0 Å². The normalized spacial score (nSPS) is 9.65. The van der Waals surface area contributed by atoms with Crippen LogP contribution in [0.3, 0.4) is 0 Å². The van der Waals surface area contributed by atoms with Gasteiger partial charge in [-0.25, -0.2) is 0 Å². The Morgan fingerprint density at radius 3 is 2.65 bits per heavy atom. The van der Waals surface area contributed by atoms with Crippen molar-refractivity contribution in [3.05, 3.63) is 34.4 Å². The highest BCUT2D eigenvalue weighted by atomic mass is 16.6. The molecule has 0 aliphatic carbocycles. The van der Waals surface area contributed by atoms with Crippen LogP contribution in [0.4, 0.5) is 11.4 Å². The molecule has 17 heavy (non-hydrogen) atoms. The fourth-order valence-corrected chi connectivity index (χ4v) is 1.16. The zero-order valence-corrected chi connectivity index (χ0v) is 8.88. The lowest BCUT2D eigenvalue weighted by atomic mass is 10.2. The fourth-order valence-electron chi connectivity index (χ4n) is 1.16. The van der Waals surface area contributed by atoms with Gasteiger partial charge in [0.25, 0.3) is 5.69 Å². The summed E-state index contributed by atoms with van der Waals surface area (Å²) in [6.45, 7) is 0. The Bertz CT molecular complexity index is 459. The number of nitrogens with one attached hydrogen (secondary N) is 1. The van der Waals surface area contributed by atoms with Gasteiger partial charge in [-0.05, 0) is 6.07 Å². The Morgan fingerprint density at radius 2 is 2.06 bits per heavy atom. The van der Waals surface area contributed by atoms with Crippen LogP contribution in [0, 0.1) is 10.1 Å². The van der Waals surface area contributed by atoms with Crippen LogP contribution in [-0.2, 0) is 9.59 Å². The molecule has 0 heterocycles. The van der Waals surface area contributed by atoms with Gasteiger partial charge >= 0.3 is 0 Å². The van der Waals surface area contributed by atoms with E-state index < -0.39 is 16.7 Å². The maximum absolute atomic E-state index is 11.3. The predicted octanol–water partition coefficient (Wildman–Crippen LogP) is 0.799. The maximum Gasteiger partial charge on any atom is 0.271 e. The molecule has 0 saturated heterocycles. The molecular weight excluding hydrogens is 226 g/mol. The summed E-state index contributed by atoms with van der Waals surface area (Å²) in [5.41, 5.74) is 5.09. The average Bonchev–Trinajstić information content (AvgIpc) is 2.26. The van der Waals surface area contributed by atoms with E-state index in [4.69, 9.17) is 5.73 Å². The summed E-state index contributed by atoms with van der Waals surface area (Å²) in [6, 6.07) is 5.54. The molecular formula is C10H11N3O4. The first-order chi connectivity index (χ1) is 7.99. The number of anilines is 1. The molecule has 7 nitrogen and oxygen atoms in total. The monoisotopic (exact) mass is 237 g/mol. The molecule has 0 atom stereocenters. The molecule has 3 N–H and O–H groups in total. The molecule has 0 aliphatic heterocycles. The Kier molecular flexibility index (Phi) is 4.15. The highest BCUT2D eigenvalue weighted by Gasteiger charge is 2.08. The molecule has 0 aliphatic rings. The first kappa shape index (κ1) is 12.6. The summed E-state index contributed by atoms with van der Waals surface area (Å²) in [4.78, 5) is 31.7. The van der Waals surface area contributed by atoms with Crippen molar-refractivity contribution in [3.8, 4) is 0 Å². The number of nitrogens with two attached hydrogens (primary N) is 1. The van der Waals surface area contributed by atoms with E-state index in [0.29, 0.717) is 5.69 Å². The van der Waals surface area contributed by atoms with Crippen molar-refractivity contribution >= 4 is 23.2 Å². The van der Waals surface area contributed by atoms with Crippen LogP contribution in [0.1, 0.15) is 12.8 Å². The van der Waals surface area contributed by atoms with E-state index in [2.05, 4.69) is 5.32 Å². The second-order valence-electron chi connectivity index (χ2n) is 3.32. The number of hydrogen-bond acceptors (Lipinski definition) is 4. The zero-order valence-electron chi connectivity index (χ0n) is 8.88. The minimum absolute atomic E-state index is 0.0436. The van der Waals surface area contributed by atoms with Crippen LogP contribution in [0.15, 0.2) is 24.3 Å². The molecule has 0 spiro atoms. The molecule has 7 heteroatoms. The Balaban J connectivity index is 2.62. The lowest BCUT2D eigenvalue weighted by Gasteiger charge is -2.03. The standard InChI is InChI=1S/C10H11N3O4/c11-9(14)4-5-10(15)12-7-2-1-3-8(6-7)13(16)17/h1-3,6H,4-5H2,(H2,11,14)(H,12,15). The quantitative estimate of drug-likeness (QED) is 0.581. The van der Waals surface area contributed by atoms with E-state index in [1.807, 2.05) is 0 Å². The van der Waals surface area contributed by atoms with E-state index in [0.717, 1.165) is 0 Å². The number of carbonyl (C=O) groups is 2. The summed E-state index contributed by atoms with van der Waals surface area (Å²) >= 11 is 0. The van der Waals surface area contributed by atoms with Gasteiger partial charge in [0.05, 0.1) is 4.92 Å². The SMILES string of the molecule is NC(=O)CCC(=O)Nc1cccc([N+](=O)[O-])c1. The number of benzene rings is 1. The molecule has 1 rings (SSSR count). The number of amides is 2. The predicted molar refractivity (Wildman–Crippen MR) is 60.2 cm³/mol. The molecule has 0 saturated carbocycles. The minimum Gasteiger partial charge on any atom is -0.370 e. The lowest BCUT2D eigenvalue weighted by molar-refractivity contribution is -0.384. The van der Waals surface area contributed by atoms with Gasteiger partial charge in [-0.15, -0.1) is 0 Å². The van der Waals surface area contributed by atoms with Crippen LogP contribution in [0.25, 0.3) is 0 Å². The van der Waals surface area contributed by atoms with Gasteiger partial charge in [0.15, 0.2) is 0 Å². The number of hydrogen-bond donors (Lipinski definition) is 2. The average molecular weight is 237 g/mol. The van der Waals surface area contributed by atoms with E-state index in [1.54, 1.807) is 0 Å². The lowest BCUT2D eigenvalue weighted by Crippen LogP contribution is -2.17. The van der Waals surface area contributed by atoms with Gasteiger partial charge < -0.3 is 11.1 Å². The molecule has 0 aromatic heterocycles. The first-order valence-electron chi connectivity index (χ1n) is 4.81.